The maximum atomic E-state index is 12.7. The number of aromatic nitrogens is 5. The molecule has 0 saturated heterocycles. The summed E-state index contributed by atoms with van der Waals surface area (Å²) in [5, 5.41) is 13.2. The van der Waals surface area contributed by atoms with Crippen molar-refractivity contribution in [2.24, 2.45) is 0 Å². The number of alkyl halides is 2. The number of aromatic amines is 1. The molecule has 0 unspecified atom stereocenters. The van der Waals surface area contributed by atoms with Crippen molar-refractivity contribution in [3.63, 3.8) is 0 Å². The summed E-state index contributed by atoms with van der Waals surface area (Å²) in [5.74, 6) is -0.406. The van der Waals surface area contributed by atoms with Crippen molar-refractivity contribution in [2.45, 2.75) is 26.1 Å². The van der Waals surface area contributed by atoms with Gasteiger partial charge in [-0.25, -0.2) is 9.97 Å². The van der Waals surface area contributed by atoms with E-state index in [2.05, 4.69) is 40.5 Å². The van der Waals surface area contributed by atoms with E-state index in [0.717, 1.165) is 17.5 Å². The number of nitrogens with zero attached hydrogens (tertiary/aromatic N) is 4. The van der Waals surface area contributed by atoms with Gasteiger partial charge < -0.3 is 20.4 Å². The fourth-order valence-electron chi connectivity index (χ4n) is 3.34. The Morgan fingerprint density at radius 3 is 2.47 bits per heavy atom. The Hall–Kier alpha value is -4.74. The van der Waals surface area contributed by atoms with Gasteiger partial charge in [-0.15, -0.1) is 10.2 Å². The predicted octanol–water partition coefficient (Wildman–Crippen LogP) is 3.28. The predicted molar refractivity (Wildman–Crippen MR) is 124 cm³/mol. The highest BCUT2D eigenvalue weighted by molar-refractivity contribution is 5.97. The number of hydrogen-bond donors (Lipinski definition) is 3. The molecule has 2 heterocycles. The van der Waals surface area contributed by atoms with Gasteiger partial charge in [0.25, 0.3) is 11.8 Å². The van der Waals surface area contributed by atoms with Gasteiger partial charge in [-0.1, -0.05) is 36.4 Å². The number of halogens is 2. The maximum Gasteiger partial charge on any atom is 0.387 e. The zero-order valence-electron chi connectivity index (χ0n) is 19.0. The van der Waals surface area contributed by atoms with E-state index in [1.807, 2.05) is 31.2 Å². The number of carbonyl (C=O) groups excluding carboxylic acids is 2. The van der Waals surface area contributed by atoms with Crippen molar-refractivity contribution in [1.82, 2.24) is 35.8 Å². The van der Waals surface area contributed by atoms with Crippen molar-refractivity contribution in [3.05, 3.63) is 89.8 Å². The second-order valence-corrected chi connectivity index (χ2v) is 7.65. The molecule has 0 radical (unpaired) electrons. The fraction of sp³-hybridized carbons (Fsp3) is 0.167. The van der Waals surface area contributed by atoms with E-state index >= 15 is 0 Å². The highest BCUT2D eigenvalue weighted by atomic mass is 19.3. The molecule has 10 nitrogen and oxygen atoms in total. The number of ether oxygens (including phenoxy) is 1. The van der Waals surface area contributed by atoms with E-state index in [-0.39, 0.29) is 29.7 Å². The summed E-state index contributed by atoms with van der Waals surface area (Å²) in [4.78, 5) is 36.1. The zero-order chi connectivity index (χ0) is 25.5. The topological polar surface area (TPSA) is 135 Å². The Morgan fingerprint density at radius 2 is 1.78 bits per heavy atom. The maximum absolute atomic E-state index is 12.7. The lowest BCUT2D eigenvalue weighted by atomic mass is 10.1. The van der Waals surface area contributed by atoms with Crippen LogP contribution in [0.5, 0.6) is 5.75 Å². The second-order valence-electron chi connectivity index (χ2n) is 7.65. The SMILES string of the molecule is C[C@H](NC(=O)c1cc(C(=O)NCc2cccc(OC(F)F)c2)ncn1)c1ccc(-c2nnc[nH]2)cc1. The lowest BCUT2D eigenvalue weighted by Gasteiger charge is -2.14. The minimum absolute atomic E-state index is 0.0144. The molecule has 2 aromatic heterocycles. The standard InChI is InChI=1S/C24H21F2N7O3/c1-14(16-5-7-17(8-6-16)21-30-13-31-33-21)32-23(35)20-10-19(28-12-29-20)22(34)27-11-15-3-2-4-18(9-15)36-24(25)26/h2-10,12-14,24H,11H2,1H3,(H,27,34)(H,32,35)(H,30,31,33)/t14-/m0/s1. The molecule has 0 fully saturated rings. The van der Waals surface area contributed by atoms with Crippen LogP contribution in [-0.2, 0) is 6.54 Å². The average molecular weight is 493 g/mol. The van der Waals surface area contributed by atoms with Gasteiger partial charge in [0.05, 0.1) is 6.04 Å². The van der Waals surface area contributed by atoms with Crippen LogP contribution in [0.4, 0.5) is 8.78 Å². The van der Waals surface area contributed by atoms with E-state index in [9.17, 15) is 18.4 Å². The number of carbonyl (C=O) groups is 2. The van der Waals surface area contributed by atoms with Gasteiger partial charge >= 0.3 is 6.61 Å². The number of amides is 2. The molecule has 12 heteroatoms. The Kier molecular flexibility index (Phi) is 7.54. The average Bonchev–Trinajstić information content (AvgIpc) is 3.42. The number of nitrogens with one attached hydrogen (secondary N) is 3. The van der Waals surface area contributed by atoms with Gasteiger partial charge in [0.1, 0.15) is 29.8 Å². The number of H-pyrrole nitrogens is 1. The summed E-state index contributed by atoms with van der Waals surface area (Å²) in [6.07, 6.45) is 2.61. The Balaban J connectivity index is 1.36. The van der Waals surface area contributed by atoms with Crippen LogP contribution in [0.1, 0.15) is 45.1 Å². The zero-order valence-corrected chi connectivity index (χ0v) is 19.0. The van der Waals surface area contributed by atoms with Crippen molar-refractivity contribution >= 4 is 11.8 Å². The minimum atomic E-state index is -2.94. The third-order valence-electron chi connectivity index (χ3n) is 5.16. The van der Waals surface area contributed by atoms with E-state index in [0.29, 0.717) is 11.4 Å². The molecule has 4 aromatic rings. The van der Waals surface area contributed by atoms with Gasteiger partial charge in [0, 0.05) is 18.2 Å². The molecule has 0 bridgehead atoms. The monoisotopic (exact) mass is 493 g/mol. The van der Waals surface area contributed by atoms with Crippen LogP contribution in [0.15, 0.2) is 67.3 Å². The molecule has 0 aliphatic heterocycles. The van der Waals surface area contributed by atoms with Crippen LogP contribution >= 0.6 is 0 Å². The largest absolute Gasteiger partial charge is 0.435 e. The molecule has 4 rings (SSSR count). The van der Waals surface area contributed by atoms with Gasteiger partial charge in [-0.05, 0) is 30.2 Å². The molecule has 1 atom stereocenters. The van der Waals surface area contributed by atoms with E-state index in [4.69, 9.17) is 0 Å². The summed E-state index contributed by atoms with van der Waals surface area (Å²) in [5.41, 5.74) is 2.27. The number of rotatable bonds is 9. The van der Waals surface area contributed by atoms with E-state index in [1.54, 1.807) is 6.07 Å². The van der Waals surface area contributed by atoms with E-state index < -0.39 is 18.4 Å². The molecule has 0 spiro atoms. The molecule has 184 valence electrons. The smallest absolute Gasteiger partial charge is 0.387 e. The summed E-state index contributed by atoms with van der Waals surface area (Å²) in [7, 11) is 0. The van der Waals surface area contributed by atoms with Crippen molar-refractivity contribution in [3.8, 4) is 17.1 Å². The molecule has 2 aromatic carbocycles. The Bertz CT molecular complexity index is 1330. The summed E-state index contributed by atoms with van der Waals surface area (Å²) < 4.78 is 29.1. The first kappa shape index (κ1) is 24.4. The molecule has 3 N–H and O–H groups in total. The third-order valence-corrected chi connectivity index (χ3v) is 5.16. The van der Waals surface area contributed by atoms with Gasteiger partial charge in [-0.3, -0.25) is 9.59 Å². The van der Waals surface area contributed by atoms with Crippen LogP contribution in [0.25, 0.3) is 11.4 Å². The Labute approximate surface area is 204 Å². The van der Waals surface area contributed by atoms with Crippen LogP contribution < -0.4 is 15.4 Å². The summed E-state index contributed by atoms with van der Waals surface area (Å²) in [6, 6.07) is 14.4. The van der Waals surface area contributed by atoms with Gasteiger partial charge in [-0.2, -0.15) is 8.78 Å². The van der Waals surface area contributed by atoms with Gasteiger partial charge in [0.15, 0.2) is 5.82 Å². The molecule has 0 aliphatic carbocycles. The number of benzene rings is 2. The van der Waals surface area contributed by atoms with Crippen molar-refractivity contribution < 1.29 is 23.1 Å². The summed E-state index contributed by atoms with van der Waals surface area (Å²) >= 11 is 0. The molecular weight excluding hydrogens is 472 g/mol. The minimum Gasteiger partial charge on any atom is -0.435 e. The first-order chi connectivity index (χ1) is 17.4. The quantitative estimate of drug-likeness (QED) is 0.326. The fourth-order valence-corrected chi connectivity index (χ4v) is 3.34. The molecule has 2 amide bonds. The first-order valence-electron chi connectivity index (χ1n) is 10.8. The van der Waals surface area contributed by atoms with E-state index in [1.165, 1.54) is 30.6 Å². The van der Waals surface area contributed by atoms with Crippen molar-refractivity contribution in [2.75, 3.05) is 0 Å². The highest BCUT2D eigenvalue weighted by Crippen LogP contribution is 2.19. The Morgan fingerprint density at radius 1 is 1.03 bits per heavy atom. The number of hydrogen-bond acceptors (Lipinski definition) is 7. The molecule has 36 heavy (non-hydrogen) atoms. The van der Waals surface area contributed by atoms with Crippen LogP contribution in [0, 0.1) is 0 Å². The molecule has 0 saturated carbocycles. The lowest BCUT2D eigenvalue weighted by Crippen LogP contribution is -2.29. The third kappa shape index (κ3) is 6.23. The molecular formula is C24H21F2N7O3. The second kappa shape index (κ2) is 11.1. The van der Waals surface area contributed by atoms with Crippen LogP contribution in [0.3, 0.4) is 0 Å². The lowest BCUT2D eigenvalue weighted by molar-refractivity contribution is -0.0498. The normalized spacial score (nSPS) is 11.7. The van der Waals surface area contributed by atoms with Crippen LogP contribution in [-0.4, -0.2) is 43.6 Å². The molecule has 0 aliphatic rings. The van der Waals surface area contributed by atoms with Crippen LogP contribution in [0.2, 0.25) is 0 Å². The highest BCUT2D eigenvalue weighted by Gasteiger charge is 2.16. The first-order valence-corrected chi connectivity index (χ1v) is 10.8. The van der Waals surface area contributed by atoms with Gasteiger partial charge in [0.2, 0.25) is 0 Å². The van der Waals surface area contributed by atoms with Crippen molar-refractivity contribution in [1.29, 1.82) is 0 Å². The summed E-state index contributed by atoms with van der Waals surface area (Å²) in [6.45, 7) is -1.07.